The molecule has 33 heavy (non-hydrogen) atoms. The summed E-state index contributed by atoms with van der Waals surface area (Å²) in [5.74, 6) is -3.34. The first-order valence-electron chi connectivity index (χ1n) is 10.6. The first-order chi connectivity index (χ1) is 15.6. The van der Waals surface area contributed by atoms with Crippen LogP contribution in [0.2, 0.25) is 0 Å². The zero-order valence-electron chi connectivity index (χ0n) is 17.8. The number of hydrogen-bond donors (Lipinski definition) is 1. The summed E-state index contributed by atoms with van der Waals surface area (Å²) < 4.78 is 61.0. The summed E-state index contributed by atoms with van der Waals surface area (Å²) in [4.78, 5) is 26.7. The second kappa shape index (κ2) is 7.07. The van der Waals surface area contributed by atoms with Gasteiger partial charge in [0, 0.05) is 12.2 Å². The minimum Gasteiger partial charge on any atom is -0.462 e. The highest BCUT2D eigenvalue weighted by molar-refractivity contribution is 6.20. The van der Waals surface area contributed by atoms with Gasteiger partial charge >= 0.3 is 18.1 Å². The molecule has 0 unspecified atom stereocenters. The molecule has 3 aliphatic rings. The van der Waals surface area contributed by atoms with Crippen LogP contribution in [-0.4, -0.2) is 31.2 Å². The molecule has 1 N–H and O–H groups in total. The fourth-order valence-electron chi connectivity index (χ4n) is 5.65. The lowest BCUT2D eigenvalue weighted by molar-refractivity contribution is -0.171. The summed E-state index contributed by atoms with van der Waals surface area (Å²) in [6.45, 7) is 3.72. The number of hydrogen-bond acceptors (Lipinski definition) is 4. The lowest BCUT2D eigenvalue weighted by atomic mass is 9.65. The van der Waals surface area contributed by atoms with E-state index in [0.29, 0.717) is 29.8 Å². The van der Waals surface area contributed by atoms with E-state index in [-0.39, 0.29) is 29.0 Å². The van der Waals surface area contributed by atoms with Crippen LogP contribution >= 0.6 is 0 Å². The molecule has 1 fully saturated rings. The maximum atomic E-state index is 14.3. The summed E-state index contributed by atoms with van der Waals surface area (Å²) in [6, 6.07) is 7.59. The number of carbonyl (C=O) groups excluding carboxylic acids is 2. The number of aryl methyl sites for hydroxylation is 1. The average molecular weight is 460 g/mol. The van der Waals surface area contributed by atoms with Crippen LogP contribution in [0.3, 0.4) is 0 Å². The van der Waals surface area contributed by atoms with Gasteiger partial charge in [-0.2, -0.15) is 13.2 Å². The van der Waals surface area contributed by atoms with E-state index in [1.165, 1.54) is 6.07 Å². The smallest absolute Gasteiger partial charge is 0.462 e. The molecule has 0 saturated carbocycles. The Morgan fingerprint density at radius 2 is 2.00 bits per heavy atom. The van der Waals surface area contributed by atoms with Crippen LogP contribution < -0.4 is 10.2 Å². The molecule has 1 aliphatic carbocycles. The van der Waals surface area contributed by atoms with Crippen molar-refractivity contribution in [2.24, 2.45) is 0 Å². The molecule has 2 atom stereocenters. The van der Waals surface area contributed by atoms with Crippen LogP contribution in [0, 0.1) is 12.7 Å². The van der Waals surface area contributed by atoms with Crippen molar-refractivity contribution in [3.05, 3.63) is 70.2 Å². The van der Waals surface area contributed by atoms with Crippen LogP contribution in [0.15, 0.2) is 42.1 Å². The Balaban J connectivity index is 1.90. The molecule has 9 heteroatoms. The van der Waals surface area contributed by atoms with E-state index in [1.807, 2.05) is 0 Å². The molecule has 2 heterocycles. The van der Waals surface area contributed by atoms with Crippen molar-refractivity contribution in [3.8, 4) is 0 Å². The summed E-state index contributed by atoms with van der Waals surface area (Å²) >= 11 is 0. The van der Waals surface area contributed by atoms with E-state index in [1.54, 1.807) is 32.0 Å². The molecule has 2 aliphatic heterocycles. The van der Waals surface area contributed by atoms with Crippen molar-refractivity contribution >= 4 is 23.1 Å². The molecule has 5 rings (SSSR count). The molecule has 0 bridgehead atoms. The molecule has 0 radical (unpaired) electrons. The van der Waals surface area contributed by atoms with Gasteiger partial charge in [0.15, 0.2) is 0 Å². The van der Waals surface area contributed by atoms with Gasteiger partial charge in [0.25, 0.3) is 0 Å². The Kier molecular flexibility index (Phi) is 4.60. The summed E-state index contributed by atoms with van der Waals surface area (Å²) in [6.07, 6.45) is -4.77. The Morgan fingerprint density at radius 3 is 2.70 bits per heavy atom. The van der Waals surface area contributed by atoms with Crippen LogP contribution in [0.4, 0.5) is 23.2 Å². The van der Waals surface area contributed by atoms with Crippen LogP contribution in [0.5, 0.6) is 0 Å². The monoisotopic (exact) mass is 460 g/mol. The maximum absolute atomic E-state index is 14.3. The first kappa shape index (κ1) is 21.5. The van der Waals surface area contributed by atoms with Gasteiger partial charge in [-0.25, -0.2) is 9.18 Å². The van der Waals surface area contributed by atoms with E-state index in [2.05, 4.69) is 5.32 Å². The van der Waals surface area contributed by atoms with Gasteiger partial charge in [-0.1, -0.05) is 24.3 Å². The minimum atomic E-state index is -5.12. The lowest BCUT2D eigenvalue weighted by Crippen LogP contribution is -2.48. The summed E-state index contributed by atoms with van der Waals surface area (Å²) in [5, 5.41) is 3.17. The van der Waals surface area contributed by atoms with Crippen LogP contribution in [0.25, 0.3) is 5.57 Å². The largest absolute Gasteiger partial charge is 0.471 e. The number of rotatable bonds is 2. The highest BCUT2D eigenvalue weighted by atomic mass is 19.4. The number of fused-ring (bicyclic) bond motifs is 3. The number of ether oxygens (including phenoxy) is 1. The fraction of sp³-hybridized carbons (Fsp3) is 0.333. The number of carbonyl (C=O) groups is 2. The number of nitrogens with one attached hydrogen (secondary N) is 1. The minimum absolute atomic E-state index is 0.0745. The van der Waals surface area contributed by atoms with Crippen LogP contribution in [-0.2, 0) is 19.7 Å². The maximum Gasteiger partial charge on any atom is 0.471 e. The summed E-state index contributed by atoms with van der Waals surface area (Å²) in [5.41, 5.74) is 0.954. The third-order valence-electron chi connectivity index (χ3n) is 6.72. The Labute approximate surface area is 187 Å². The highest BCUT2D eigenvalue weighted by Gasteiger charge is 2.64. The first-order valence-corrected chi connectivity index (χ1v) is 10.6. The quantitative estimate of drug-likeness (QED) is 0.536. The van der Waals surface area contributed by atoms with Crippen molar-refractivity contribution in [2.75, 3.05) is 18.1 Å². The van der Waals surface area contributed by atoms with E-state index in [4.69, 9.17) is 4.74 Å². The predicted molar refractivity (Wildman–Crippen MR) is 112 cm³/mol. The SMILES string of the molecule is CCOC(=O)C1=C2NCC[C@@]23c2cccc(C)c2N(C(=O)C(F)(F)F)[C@H]3c2ccc(F)cc21. The van der Waals surface area contributed by atoms with Gasteiger partial charge in [0.2, 0.25) is 0 Å². The van der Waals surface area contributed by atoms with Crippen LogP contribution in [0.1, 0.15) is 41.6 Å². The second-order valence-electron chi connectivity index (χ2n) is 8.40. The number of benzene rings is 2. The molecule has 0 aromatic heterocycles. The number of anilines is 1. The van der Waals surface area contributed by atoms with Crippen molar-refractivity contribution in [1.82, 2.24) is 5.32 Å². The number of amides is 1. The molecular formula is C24H20F4N2O3. The third-order valence-corrected chi connectivity index (χ3v) is 6.72. The standard InChI is InChI=1S/C24H20F4N2O3/c1-3-33-21(31)17-15-11-13(25)7-8-14(15)20-23(9-10-29-19(17)23)16-6-4-5-12(2)18(16)30(20)22(32)24(26,27)28/h4-8,11,20,29H,3,9-10H2,1-2H3/t20-,23+/m0/s1. The molecule has 172 valence electrons. The zero-order valence-corrected chi connectivity index (χ0v) is 17.8. The number of esters is 1. The average Bonchev–Trinajstić information content (AvgIpc) is 3.30. The summed E-state index contributed by atoms with van der Waals surface area (Å²) in [7, 11) is 0. The number of nitrogens with zero attached hydrogens (tertiary/aromatic N) is 1. The van der Waals surface area contributed by atoms with E-state index in [9.17, 15) is 27.2 Å². The van der Waals surface area contributed by atoms with Gasteiger partial charge in [0.1, 0.15) is 5.82 Å². The molecule has 2 aromatic rings. The van der Waals surface area contributed by atoms with Crippen molar-refractivity contribution in [2.45, 2.75) is 37.9 Å². The van der Waals surface area contributed by atoms with E-state index < -0.39 is 35.3 Å². The molecular weight excluding hydrogens is 440 g/mol. The van der Waals surface area contributed by atoms with Gasteiger partial charge in [0.05, 0.1) is 29.3 Å². The Morgan fingerprint density at radius 1 is 1.24 bits per heavy atom. The molecule has 1 spiro atoms. The second-order valence-corrected chi connectivity index (χ2v) is 8.40. The zero-order chi connectivity index (χ0) is 23.7. The van der Waals surface area contributed by atoms with Gasteiger partial charge in [-0.15, -0.1) is 0 Å². The third kappa shape index (κ3) is 2.77. The van der Waals surface area contributed by atoms with Gasteiger partial charge in [-0.05, 0) is 54.7 Å². The van der Waals surface area contributed by atoms with Crippen molar-refractivity contribution < 1.29 is 31.9 Å². The fourth-order valence-corrected chi connectivity index (χ4v) is 5.65. The number of alkyl halides is 3. The van der Waals surface area contributed by atoms with Gasteiger partial charge in [-0.3, -0.25) is 9.69 Å². The topological polar surface area (TPSA) is 58.6 Å². The number of halogens is 4. The molecule has 1 saturated heterocycles. The molecule has 2 aromatic carbocycles. The van der Waals surface area contributed by atoms with E-state index in [0.717, 1.165) is 17.0 Å². The lowest BCUT2D eigenvalue weighted by Gasteiger charge is -2.41. The van der Waals surface area contributed by atoms with Crippen molar-refractivity contribution in [3.63, 3.8) is 0 Å². The number of para-hydroxylation sites is 1. The highest BCUT2D eigenvalue weighted by Crippen LogP contribution is 2.64. The normalized spacial score (nSPS) is 22.8. The van der Waals surface area contributed by atoms with Gasteiger partial charge < -0.3 is 10.1 Å². The van der Waals surface area contributed by atoms with Crippen molar-refractivity contribution in [1.29, 1.82) is 0 Å². The molecule has 5 nitrogen and oxygen atoms in total. The Bertz CT molecular complexity index is 1240. The molecule has 1 amide bonds. The predicted octanol–water partition coefficient (Wildman–Crippen LogP) is 4.30. The Hall–Kier alpha value is -3.36. The van der Waals surface area contributed by atoms with E-state index >= 15 is 0 Å².